The number of nitrogens with zero attached hydrogens (tertiary/aromatic N) is 3. The van der Waals surface area contributed by atoms with Crippen LogP contribution in [-0.2, 0) is 10.0 Å². The van der Waals surface area contributed by atoms with Crippen molar-refractivity contribution in [3.8, 4) is 0 Å². The van der Waals surface area contributed by atoms with Crippen molar-refractivity contribution < 1.29 is 8.42 Å². The van der Waals surface area contributed by atoms with Crippen molar-refractivity contribution in [1.29, 1.82) is 0 Å². The average Bonchev–Trinajstić information content (AvgIpc) is 2.38. The van der Waals surface area contributed by atoms with E-state index in [4.69, 9.17) is 5.73 Å². The van der Waals surface area contributed by atoms with Gasteiger partial charge >= 0.3 is 0 Å². The van der Waals surface area contributed by atoms with Gasteiger partial charge in [-0.3, -0.25) is 0 Å². The fourth-order valence-corrected chi connectivity index (χ4v) is 3.80. The first-order valence-corrected chi connectivity index (χ1v) is 7.51. The molecule has 1 fully saturated rings. The molecule has 1 aromatic heterocycles. The highest BCUT2D eigenvalue weighted by atomic mass is 32.2. The van der Waals surface area contributed by atoms with E-state index < -0.39 is 10.0 Å². The van der Waals surface area contributed by atoms with Gasteiger partial charge in [0.1, 0.15) is 0 Å². The van der Waals surface area contributed by atoms with E-state index in [1.54, 1.807) is 13.0 Å². The van der Waals surface area contributed by atoms with Crippen LogP contribution < -0.4 is 5.73 Å². The number of aryl methyl sites for hydroxylation is 1. The van der Waals surface area contributed by atoms with Crippen molar-refractivity contribution in [2.75, 3.05) is 13.1 Å². The summed E-state index contributed by atoms with van der Waals surface area (Å²) >= 11 is 0. The van der Waals surface area contributed by atoms with Gasteiger partial charge in [0, 0.05) is 31.0 Å². The summed E-state index contributed by atoms with van der Waals surface area (Å²) in [5, 5.41) is -0.122. The van der Waals surface area contributed by atoms with E-state index in [9.17, 15) is 8.42 Å². The van der Waals surface area contributed by atoms with Gasteiger partial charge in [0.2, 0.25) is 0 Å². The molecule has 0 aliphatic carbocycles. The second-order valence-electron chi connectivity index (χ2n) is 4.48. The maximum Gasteiger partial charge on any atom is 0.279 e. The SMILES string of the molecule is Cc1ccnc(S(=O)(=O)N2CCCCC2CN)n1. The average molecular weight is 270 g/mol. The number of rotatable bonds is 3. The maximum atomic E-state index is 12.5. The van der Waals surface area contributed by atoms with Crippen LogP contribution in [0.2, 0.25) is 0 Å². The van der Waals surface area contributed by atoms with Crippen molar-refractivity contribution in [1.82, 2.24) is 14.3 Å². The monoisotopic (exact) mass is 270 g/mol. The van der Waals surface area contributed by atoms with Crippen LogP contribution in [0.25, 0.3) is 0 Å². The number of nitrogens with two attached hydrogens (primary N) is 1. The lowest BCUT2D eigenvalue weighted by atomic mass is 10.1. The second kappa shape index (κ2) is 5.29. The number of piperidine rings is 1. The Bertz CT molecular complexity index is 518. The zero-order valence-corrected chi connectivity index (χ0v) is 11.2. The lowest BCUT2D eigenvalue weighted by Crippen LogP contribution is -2.47. The van der Waals surface area contributed by atoms with E-state index in [1.807, 2.05) is 0 Å². The Labute approximate surface area is 107 Å². The molecule has 0 amide bonds. The minimum absolute atomic E-state index is 0.122. The zero-order valence-electron chi connectivity index (χ0n) is 10.4. The molecule has 1 aromatic rings. The normalized spacial score (nSPS) is 22.0. The topological polar surface area (TPSA) is 89.2 Å². The van der Waals surface area contributed by atoms with Crippen LogP contribution in [0, 0.1) is 6.92 Å². The molecule has 18 heavy (non-hydrogen) atoms. The summed E-state index contributed by atoms with van der Waals surface area (Å²) in [6.07, 6.45) is 4.16. The molecule has 1 saturated heterocycles. The summed E-state index contributed by atoms with van der Waals surface area (Å²) in [7, 11) is -3.61. The van der Waals surface area contributed by atoms with Crippen LogP contribution in [0.5, 0.6) is 0 Å². The van der Waals surface area contributed by atoms with Crippen LogP contribution in [0.1, 0.15) is 25.0 Å². The smallest absolute Gasteiger partial charge is 0.279 e. The third-order valence-corrected chi connectivity index (χ3v) is 4.91. The first kappa shape index (κ1) is 13.4. The minimum Gasteiger partial charge on any atom is -0.329 e. The van der Waals surface area contributed by atoms with Gasteiger partial charge in [0.25, 0.3) is 15.2 Å². The number of hydrogen-bond acceptors (Lipinski definition) is 5. The van der Waals surface area contributed by atoms with E-state index in [0.29, 0.717) is 18.8 Å². The van der Waals surface area contributed by atoms with Crippen molar-refractivity contribution in [2.45, 2.75) is 37.4 Å². The van der Waals surface area contributed by atoms with Gasteiger partial charge in [-0.25, -0.2) is 18.4 Å². The Morgan fingerprint density at radius 3 is 2.94 bits per heavy atom. The van der Waals surface area contributed by atoms with E-state index in [2.05, 4.69) is 9.97 Å². The molecule has 2 N–H and O–H groups in total. The molecule has 100 valence electrons. The standard InChI is InChI=1S/C11H18N4O2S/c1-9-5-6-13-11(14-9)18(16,17)15-7-3-2-4-10(15)8-12/h5-6,10H,2-4,7-8,12H2,1H3. The molecule has 1 aliphatic rings. The Kier molecular flexibility index (Phi) is 3.94. The lowest BCUT2D eigenvalue weighted by Gasteiger charge is -2.33. The molecule has 2 heterocycles. The first-order valence-electron chi connectivity index (χ1n) is 6.07. The van der Waals surface area contributed by atoms with Crippen molar-refractivity contribution in [3.05, 3.63) is 18.0 Å². The number of sulfonamides is 1. The molecule has 0 radical (unpaired) electrons. The third kappa shape index (κ3) is 2.52. The molecule has 0 spiro atoms. The molecule has 1 atom stereocenters. The molecule has 2 rings (SSSR count). The molecule has 0 bridgehead atoms. The second-order valence-corrected chi connectivity index (χ2v) is 6.27. The summed E-state index contributed by atoms with van der Waals surface area (Å²) in [4.78, 5) is 7.88. The van der Waals surface area contributed by atoms with Crippen molar-refractivity contribution >= 4 is 10.0 Å². The van der Waals surface area contributed by atoms with Gasteiger partial charge in [0.15, 0.2) is 0 Å². The molecular weight excluding hydrogens is 252 g/mol. The van der Waals surface area contributed by atoms with Crippen LogP contribution in [0.3, 0.4) is 0 Å². The minimum atomic E-state index is -3.61. The summed E-state index contributed by atoms with van der Waals surface area (Å²) in [6.45, 7) is 2.59. The quantitative estimate of drug-likeness (QED) is 0.797. The third-order valence-electron chi connectivity index (χ3n) is 3.16. The molecule has 0 saturated carbocycles. The number of aromatic nitrogens is 2. The Morgan fingerprint density at radius 1 is 1.50 bits per heavy atom. The van der Waals surface area contributed by atoms with Crippen molar-refractivity contribution in [2.24, 2.45) is 5.73 Å². The molecule has 7 heteroatoms. The van der Waals surface area contributed by atoms with Gasteiger partial charge in [-0.05, 0) is 25.8 Å². The van der Waals surface area contributed by atoms with E-state index in [-0.39, 0.29) is 11.2 Å². The largest absolute Gasteiger partial charge is 0.329 e. The highest BCUT2D eigenvalue weighted by molar-refractivity contribution is 7.89. The summed E-state index contributed by atoms with van der Waals surface area (Å²) < 4.78 is 26.4. The van der Waals surface area contributed by atoms with Crippen LogP contribution >= 0.6 is 0 Å². The number of hydrogen-bond donors (Lipinski definition) is 1. The van der Waals surface area contributed by atoms with E-state index in [1.165, 1.54) is 10.5 Å². The lowest BCUT2D eigenvalue weighted by molar-refractivity contribution is 0.256. The summed E-state index contributed by atoms with van der Waals surface area (Å²) in [5.74, 6) is 0. The maximum absolute atomic E-state index is 12.5. The predicted octanol–water partition coefficient (Wildman–Crippen LogP) is 0.287. The van der Waals surface area contributed by atoms with Crippen molar-refractivity contribution in [3.63, 3.8) is 0 Å². The van der Waals surface area contributed by atoms with Crippen LogP contribution in [0.4, 0.5) is 0 Å². The predicted molar refractivity (Wildman–Crippen MR) is 67.4 cm³/mol. The van der Waals surface area contributed by atoms with Gasteiger partial charge in [0.05, 0.1) is 0 Å². The highest BCUT2D eigenvalue weighted by Gasteiger charge is 2.34. The highest BCUT2D eigenvalue weighted by Crippen LogP contribution is 2.22. The van der Waals surface area contributed by atoms with Crippen LogP contribution in [0.15, 0.2) is 17.4 Å². The molecule has 0 aromatic carbocycles. The fraction of sp³-hybridized carbons (Fsp3) is 0.636. The van der Waals surface area contributed by atoms with Gasteiger partial charge < -0.3 is 5.73 Å². The first-order chi connectivity index (χ1) is 8.55. The van der Waals surface area contributed by atoms with E-state index >= 15 is 0 Å². The van der Waals surface area contributed by atoms with E-state index in [0.717, 1.165) is 19.3 Å². The Morgan fingerprint density at radius 2 is 2.28 bits per heavy atom. The Balaban J connectivity index is 2.35. The van der Waals surface area contributed by atoms with Gasteiger partial charge in [-0.2, -0.15) is 4.31 Å². The van der Waals surface area contributed by atoms with Gasteiger partial charge in [-0.15, -0.1) is 0 Å². The Hall–Kier alpha value is -1.05. The molecule has 6 nitrogen and oxygen atoms in total. The summed E-state index contributed by atoms with van der Waals surface area (Å²) in [5.41, 5.74) is 6.29. The summed E-state index contributed by atoms with van der Waals surface area (Å²) in [6, 6.07) is 1.54. The van der Waals surface area contributed by atoms with Gasteiger partial charge in [-0.1, -0.05) is 6.42 Å². The fourth-order valence-electron chi connectivity index (χ4n) is 2.18. The van der Waals surface area contributed by atoms with Crippen LogP contribution in [-0.4, -0.2) is 41.8 Å². The molecule has 1 unspecified atom stereocenters. The zero-order chi connectivity index (χ0) is 13.2. The molecule has 1 aliphatic heterocycles. The molecular formula is C11H18N4O2S.